The van der Waals surface area contributed by atoms with Crippen LogP contribution in [-0.4, -0.2) is 55.6 Å². The molecule has 1 aliphatic carbocycles. The highest BCUT2D eigenvalue weighted by atomic mass is 15.1. The molecule has 0 aromatic rings. The van der Waals surface area contributed by atoms with Crippen molar-refractivity contribution in [3.8, 4) is 0 Å². The van der Waals surface area contributed by atoms with Gasteiger partial charge in [-0.15, -0.1) is 0 Å². The number of nitrogens with zero attached hydrogens (tertiary/aromatic N) is 2. The zero-order chi connectivity index (χ0) is 13.7. The summed E-state index contributed by atoms with van der Waals surface area (Å²) in [5, 5.41) is 0. The molecule has 2 aliphatic rings. The molecule has 1 aliphatic heterocycles. The van der Waals surface area contributed by atoms with Crippen LogP contribution in [0.5, 0.6) is 0 Å². The first-order chi connectivity index (χ1) is 9.07. The minimum atomic E-state index is 0.165. The van der Waals surface area contributed by atoms with Gasteiger partial charge in [0.2, 0.25) is 0 Å². The van der Waals surface area contributed by atoms with Gasteiger partial charge in [0.15, 0.2) is 0 Å². The summed E-state index contributed by atoms with van der Waals surface area (Å²) in [4.78, 5) is 4.98. The first-order valence-electron chi connectivity index (χ1n) is 8.23. The van der Waals surface area contributed by atoms with Gasteiger partial charge in [-0.25, -0.2) is 0 Å². The molecule has 1 heterocycles. The fourth-order valence-electron chi connectivity index (χ4n) is 3.80. The maximum Gasteiger partial charge on any atom is 0.0166 e. The van der Waals surface area contributed by atoms with E-state index < -0.39 is 0 Å². The average molecular weight is 267 g/mol. The van der Waals surface area contributed by atoms with Crippen LogP contribution in [0.25, 0.3) is 0 Å². The van der Waals surface area contributed by atoms with Crippen LogP contribution in [-0.2, 0) is 0 Å². The predicted octanol–water partition coefficient (Wildman–Crippen LogP) is 2.31. The van der Waals surface area contributed by atoms with E-state index in [9.17, 15) is 0 Å². The zero-order valence-electron chi connectivity index (χ0n) is 13.0. The third-order valence-corrected chi connectivity index (χ3v) is 5.11. The second-order valence-electron chi connectivity index (χ2n) is 7.22. The molecule has 2 N–H and O–H groups in total. The van der Waals surface area contributed by atoms with Gasteiger partial charge in [-0.3, -0.25) is 0 Å². The fraction of sp³-hybridized carbons (Fsp3) is 1.00. The van der Waals surface area contributed by atoms with Gasteiger partial charge in [-0.05, 0) is 71.8 Å². The SMILES string of the molecule is CN(C)CC1CCN(CCC2(N)CCCCC2)CC1. The Morgan fingerprint density at radius 1 is 1.11 bits per heavy atom. The minimum absolute atomic E-state index is 0.165. The molecule has 19 heavy (non-hydrogen) atoms. The van der Waals surface area contributed by atoms with Gasteiger partial charge in [-0.2, -0.15) is 0 Å². The maximum atomic E-state index is 6.54. The molecule has 0 spiro atoms. The summed E-state index contributed by atoms with van der Waals surface area (Å²) >= 11 is 0. The van der Waals surface area contributed by atoms with E-state index in [1.807, 2.05) is 0 Å². The Hall–Kier alpha value is -0.120. The fourth-order valence-corrected chi connectivity index (χ4v) is 3.80. The lowest BCUT2D eigenvalue weighted by atomic mass is 9.80. The number of piperidine rings is 1. The monoisotopic (exact) mass is 267 g/mol. The Kier molecular flexibility index (Phi) is 5.67. The van der Waals surface area contributed by atoms with Crippen LogP contribution < -0.4 is 5.73 Å². The third-order valence-electron chi connectivity index (χ3n) is 5.11. The molecular weight excluding hydrogens is 234 g/mol. The van der Waals surface area contributed by atoms with Crippen molar-refractivity contribution in [1.29, 1.82) is 0 Å². The van der Waals surface area contributed by atoms with Crippen LogP contribution >= 0.6 is 0 Å². The molecule has 2 rings (SSSR count). The highest BCUT2D eigenvalue weighted by Gasteiger charge is 2.28. The largest absolute Gasteiger partial charge is 0.325 e. The molecule has 1 saturated carbocycles. The number of hydrogen-bond donors (Lipinski definition) is 1. The molecule has 0 aromatic carbocycles. The van der Waals surface area contributed by atoms with Crippen molar-refractivity contribution in [3.63, 3.8) is 0 Å². The van der Waals surface area contributed by atoms with Gasteiger partial charge < -0.3 is 15.5 Å². The number of hydrogen-bond acceptors (Lipinski definition) is 3. The van der Waals surface area contributed by atoms with Crippen LogP contribution in [0.1, 0.15) is 51.4 Å². The Morgan fingerprint density at radius 2 is 1.74 bits per heavy atom. The van der Waals surface area contributed by atoms with Crippen LogP contribution in [0.2, 0.25) is 0 Å². The molecule has 1 saturated heterocycles. The molecule has 3 heteroatoms. The van der Waals surface area contributed by atoms with E-state index in [0.29, 0.717) is 0 Å². The quantitative estimate of drug-likeness (QED) is 0.830. The summed E-state index contributed by atoms with van der Waals surface area (Å²) in [5.74, 6) is 0.910. The van der Waals surface area contributed by atoms with Crippen molar-refractivity contribution < 1.29 is 0 Å². The normalized spacial score (nSPS) is 25.9. The van der Waals surface area contributed by atoms with Crippen molar-refractivity contribution in [1.82, 2.24) is 9.80 Å². The summed E-state index contributed by atoms with van der Waals surface area (Å²) in [5.41, 5.74) is 6.70. The van der Waals surface area contributed by atoms with E-state index >= 15 is 0 Å². The first-order valence-corrected chi connectivity index (χ1v) is 8.23. The van der Waals surface area contributed by atoms with E-state index in [2.05, 4.69) is 23.9 Å². The molecule has 112 valence electrons. The molecule has 0 bridgehead atoms. The third kappa shape index (κ3) is 5.05. The molecule has 0 aromatic heterocycles. The molecule has 0 radical (unpaired) electrons. The number of nitrogens with two attached hydrogens (primary N) is 1. The second-order valence-corrected chi connectivity index (χ2v) is 7.22. The van der Waals surface area contributed by atoms with Crippen LogP contribution in [0.15, 0.2) is 0 Å². The Morgan fingerprint density at radius 3 is 2.32 bits per heavy atom. The lowest BCUT2D eigenvalue weighted by Crippen LogP contribution is -2.46. The first kappa shape index (κ1) is 15.3. The van der Waals surface area contributed by atoms with Gasteiger partial charge in [-0.1, -0.05) is 19.3 Å². The predicted molar refractivity (Wildman–Crippen MR) is 82.3 cm³/mol. The Bertz CT molecular complexity index is 251. The molecule has 2 fully saturated rings. The molecule has 3 nitrogen and oxygen atoms in total. The summed E-state index contributed by atoms with van der Waals surface area (Å²) in [6, 6.07) is 0. The molecule has 0 atom stereocenters. The molecule has 0 unspecified atom stereocenters. The van der Waals surface area contributed by atoms with E-state index in [1.54, 1.807) is 0 Å². The lowest BCUT2D eigenvalue weighted by Gasteiger charge is -2.38. The van der Waals surface area contributed by atoms with Crippen LogP contribution in [0, 0.1) is 5.92 Å². The van der Waals surface area contributed by atoms with Crippen LogP contribution in [0.3, 0.4) is 0 Å². The van der Waals surface area contributed by atoms with Crippen molar-refractivity contribution >= 4 is 0 Å². The van der Waals surface area contributed by atoms with Gasteiger partial charge in [0.25, 0.3) is 0 Å². The topological polar surface area (TPSA) is 32.5 Å². The smallest absolute Gasteiger partial charge is 0.0166 e. The summed E-state index contributed by atoms with van der Waals surface area (Å²) in [6.45, 7) is 5.06. The summed E-state index contributed by atoms with van der Waals surface area (Å²) in [6.07, 6.45) is 10.6. The van der Waals surface area contributed by atoms with Crippen molar-refractivity contribution in [3.05, 3.63) is 0 Å². The standard InChI is InChI=1S/C16H33N3/c1-18(2)14-15-6-11-19(12-7-15)13-10-16(17)8-4-3-5-9-16/h15H,3-14,17H2,1-2H3. The Labute approximate surface area is 119 Å². The van der Waals surface area contributed by atoms with E-state index in [-0.39, 0.29) is 5.54 Å². The average Bonchev–Trinajstić information content (AvgIpc) is 2.38. The minimum Gasteiger partial charge on any atom is -0.325 e. The number of likely N-dealkylation sites (tertiary alicyclic amines) is 1. The molecule has 0 amide bonds. The Balaban J connectivity index is 1.65. The maximum absolute atomic E-state index is 6.54. The van der Waals surface area contributed by atoms with E-state index in [0.717, 1.165) is 5.92 Å². The lowest BCUT2D eigenvalue weighted by molar-refractivity contribution is 0.144. The zero-order valence-corrected chi connectivity index (χ0v) is 13.0. The molecular formula is C16H33N3. The van der Waals surface area contributed by atoms with E-state index in [1.165, 1.54) is 77.5 Å². The highest BCUT2D eigenvalue weighted by Crippen LogP contribution is 2.29. The highest BCUT2D eigenvalue weighted by molar-refractivity contribution is 4.88. The second kappa shape index (κ2) is 7.05. The van der Waals surface area contributed by atoms with Gasteiger partial charge >= 0.3 is 0 Å². The number of rotatable bonds is 5. The van der Waals surface area contributed by atoms with Gasteiger partial charge in [0.1, 0.15) is 0 Å². The van der Waals surface area contributed by atoms with Crippen LogP contribution in [0.4, 0.5) is 0 Å². The van der Waals surface area contributed by atoms with Crippen molar-refractivity contribution in [2.45, 2.75) is 56.9 Å². The van der Waals surface area contributed by atoms with Gasteiger partial charge in [0, 0.05) is 12.1 Å². The van der Waals surface area contributed by atoms with Crippen molar-refractivity contribution in [2.75, 3.05) is 40.3 Å². The summed E-state index contributed by atoms with van der Waals surface area (Å²) < 4.78 is 0. The van der Waals surface area contributed by atoms with Crippen molar-refractivity contribution in [2.24, 2.45) is 11.7 Å². The van der Waals surface area contributed by atoms with Gasteiger partial charge in [0.05, 0.1) is 0 Å². The van der Waals surface area contributed by atoms with E-state index in [4.69, 9.17) is 5.73 Å². The summed E-state index contributed by atoms with van der Waals surface area (Å²) in [7, 11) is 4.38.